The standard InChI is InChI=1S/C26H22N8OS/c1-36-26-29-31-32-34(26)23-11-5-10-22(15-23)28-24(35)13-12-21-18-33(17-19-7-3-2-4-8-19)30-25(21)20-9-6-14-27-16-20/h2-16,18H,17H2,1H3,(H,28,35)/b13-12+. The Labute approximate surface area is 211 Å². The van der Waals surface area contributed by atoms with E-state index >= 15 is 0 Å². The van der Waals surface area contributed by atoms with E-state index in [1.54, 1.807) is 23.2 Å². The maximum Gasteiger partial charge on any atom is 0.248 e. The molecule has 1 amide bonds. The smallest absolute Gasteiger partial charge is 0.248 e. The molecule has 5 rings (SSSR count). The molecule has 0 unspecified atom stereocenters. The fourth-order valence-electron chi connectivity index (χ4n) is 3.67. The van der Waals surface area contributed by atoms with Crippen LogP contribution < -0.4 is 5.32 Å². The molecule has 0 aliphatic rings. The summed E-state index contributed by atoms with van der Waals surface area (Å²) in [6.45, 7) is 0.621. The van der Waals surface area contributed by atoms with E-state index in [2.05, 4.69) is 38.0 Å². The molecule has 0 saturated carbocycles. The lowest BCUT2D eigenvalue weighted by atomic mass is 10.1. The summed E-state index contributed by atoms with van der Waals surface area (Å²) < 4.78 is 3.49. The number of benzene rings is 2. The number of hydrogen-bond donors (Lipinski definition) is 1. The summed E-state index contributed by atoms with van der Waals surface area (Å²) >= 11 is 1.44. The van der Waals surface area contributed by atoms with Gasteiger partial charge in [-0.15, -0.1) is 5.10 Å². The zero-order valence-electron chi connectivity index (χ0n) is 19.4. The number of tetrazole rings is 1. The molecule has 0 fully saturated rings. The summed E-state index contributed by atoms with van der Waals surface area (Å²) in [5.41, 5.74) is 4.99. The van der Waals surface area contributed by atoms with Gasteiger partial charge in [0.05, 0.1) is 12.2 Å². The second-order valence-corrected chi connectivity index (χ2v) is 8.58. The fourth-order valence-corrected chi connectivity index (χ4v) is 4.10. The van der Waals surface area contributed by atoms with Crippen LogP contribution in [0.1, 0.15) is 11.1 Å². The number of carbonyl (C=O) groups excluding carboxylic acids is 1. The van der Waals surface area contributed by atoms with Crippen molar-refractivity contribution in [3.8, 4) is 16.9 Å². The lowest BCUT2D eigenvalue weighted by Gasteiger charge is -2.06. The van der Waals surface area contributed by atoms with Crippen LogP contribution in [0.25, 0.3) is 23.0 Å². The minimum Gasteiger partial charge on any atom is -0.322 e. The Kier molecular flexibility index (Phi) is 6.95. The number of carbonyl (C=O) groups is 1. The number of aromatic nitrogens is 7. The van der Waals surface area contributed by atoms with Crippen molar-refractivity contribution in [2.24, 2.45) is 0 Å². The lowest BCUT2D eigenvalue weighted by molar-refractivity contribution is -0.111. The number of amides is 1. The topological polar surface area (TPSA) is 103 Å². The van der Waals surface area contributed by atoms with Crippen molar-refractivity contribution >= 4 is 29.4 Å². The van der Waals surface area contributed by atoms with E-state index in [-0.39, 0.29) is 5.91 Å². The van der Waals surface area contributed by atoms with Gasteiger partial charge in [0, 0.05) is 41.5 Å². The summed E-state index contributed by atoms with van der Waals surface area (Å²) in [4.78, 5) is 17.0. The number of rotatable bonds is 8. The van der Waals surface area contributed by atoms with Gasteiger partial charge in [0.1, 0.15) is 5.69 Å². The third-order valence-corrected chi connectivity index (χ3v) is 5.93. The Morgan fingerprint density at radius 1 is 1.08 bits per heavy atom. The molecule has 178 valence electrons. The fraction of sp³-hybridized carbons (Fsp3) is 0.0769. The normalized spacial score (nSPS) is 11.1. The highest BCUT2D eigenvalue weighted by molar-refractivity contribution is 7.98. The zero-order chi connectivity index (χ0) is 24.7. The molecule has 0 bridgehead atoms. The number of pyridine rings is 1. The third kappa shape index (κ3) is 5.39. The van der Waals surface area contributed by atoms with Gasteiger partial charge in [-0.05, 0) is 58.7 Å². The van der Waals surface area contributed by atoms with Crippen LogP contribution in [0.3, 0.4) is 0 Å². The van der Waals surface area contributed by atoms with Crippen molar-refractivity contribution in [3.05, 3.63) is 103 Å². The van der Waals surface area contributed by atoms with Gasteiger partial charge in [-0.3, -0.25) is 14.5 Å². The minimum absolute atomic E-state index is 0.262. The van der Waals surface area contributed by atoms with Crippen LogP contribution in [0.4, 0.5) is 5.69 Å². The molecular formula is C26H22N8OS. The molecule has 5 aromatic rings. The highest BCUT2D eigenvalue weighted by Crippen LogP contribution is 2.23. The van der Waals surface area contributed by atoms with Gasteiger partial charge in [-0.25, -0.2) is 0 Å². The van der Waals surface area contributed by atoms with Crippen molar-refractivity contribution in [1.29, 1.82) is 0 Å². The van der Waals surface area contributed by atoms with Crippen LogP contribution >= 0.6 is 11.8 Å². The van der Waals surface area contributed by atoms with Crippen LogP contribution in [0, 0.1) is 0 Å². The predicted molar refractivity (Wildman–Crippen MR) is 140 cm³/mol. The molecule has 0 saturated heterocycles. The summed E-state index contributed by atoms with van der Waals surface area (Å²) in [6, 6.07) is 21.3. The number of anilines is 1. The van der Waals surface area contributed by atoms with Crippen LogP contribution in [-0.4, -0.2) is 47.1 Å². The molecular weight excluding hydrogens is 472 g/mol. The van der Waals surface area contributed by atoms with Gasteiger partial charge in [-0.1, -0.05) is 48.2 Å². The molecule has 2 aromatic carbocycles. The van der Waals surface area contributed by atoms with E-state index in [1.807, 2.05) is 71.7 Å². The average Bonchev–Trinajstić information content (AvgIpc) is 3.56. The largest absolute Gasteiger partial charge is 0.322 e. The van der Waals surface area contributed by atoms with E-state index < -0.39 is 0 Å². The Morgan fingerprint density at radius 3 is 2.78 bits per heavy atom. The Bertz CT molecular complexity index is 1490. The monoisotopic (exact) mass is 494 g/mol. The highest BCUT2D eigenvalue weighted by atomic mass is 32.2. The highest BCUT2D eigenvalue weighted by Gasteiger charge is 2.11. The van der Waals surface area contributed by atoms with Crippen molar-refractivity contribution in [3.63, 3.8) is 0 Å². The van der Waals surface area contributed by atoms with E-state index in [9.17, 15) is 4.79 Å². The number of thioether (sulfide) groups is 1. The second-order valence-electron chi connectivity index (χ2n) is 7.81. The van der Waals surface area contributed by atoms with Gasteiger partial charge in [0.25, 0.3) is 0 Å². The first-order valence-corrected chi connectivity index (χ1v) is 12.4. The van der Waals surface area contributed by atoms with Crippen molar-refractivity contribution in [2.45, 2.75) is 11.7 Å². The van der Waals surface area contributed by atoms with Crippen LogP contribution in [0.2, 0.25) is 0 Å². The SMILES string of the molecule is CSc1nnnn1-c1cccc(NC(=O)/C=C/c2cn(Cc3ccccc3)nc2-c2cccnc2)c1. The summed E-state index contributed by atoms with van der Waals surface area (Å²) in [7, 11) is 0. The maximum atomic E-state index is 12.8. The second kappa shape index (κ2) is 10.8. The first-order chi connectivity index (χ1) is 17.7. The third-order valence-electron chi connectivity index (χ3n) is 5.31. The molecule has 0 aliphatic heterocycles. The Hall–Kier alpha value is -4.57. The molecule has 3 aromatic heterocycles. The number of hydrogen-bond acceptors (Lipinski definition) is 7. The molecule has 0 spiro atoms. The van der Waals surface area contributed by atoms with Crippen molar-refractivity contribution in [2.75, 3.05) is 11.6 Å². The quantitative estimate of drug-likeness (QED) is 0.253. The molecule has 1 N–H and O–H groups in total. The molecule has 3 heterocycles. The van der Waals surface area contributed by atoms with E-state index in [0.29, 0.717) is 17.4 Å². The maximum absolute atomic E-state index is 12.8. The molecule has 10 heteroatoms. The van der Waals surface area contributed by atoms with Gasteiger partial charge in [0.15, 0.2) is 0 Å². The summed E-state index contributed by atoms with van der Waals surface area (Å²) in [6.07, 6.45) is 10.6. The molecule has 36 heavy (non-hydrogen) atoms. The van der Waals surface area contributed by atoms with E-state index in [0.717, 1.165) is 28.1 Å². The molecule has 0 atom stereocenters. The number of nitrogens with zero attached hydrogens (tertiary/aromatic N) is 7. The first kappa shape index (κ1) is 23.2. The van der Waals surface area contributed by atoms with Gasteiger partial charge in [-0.2, -0.15) is 9.78 Å². The number of nitrogens with one attached hydrogen (secondary N) is 1. The van der Waals surface area contributed by atoms with Crippen LogP contribution in [0.15, 0.2) is 96.6 Å². The molecule has 0 aliphatic carbocycles. The van der Waals surface area contributed by atoms with Gasteiger partial charge >= 0.3 is 0 Å². The van der Waals surface area contributed by atoms with E-state index in [1.165, 1.54) is 17.8 Å². The van der Waals surface area contributed by atoms with Crippen molar-refractivity contribution < 1.29 is 4.79 Å². The molecule has 0 radical (unpaired) electrons. The predicted octanol–water partition coefficient (Wildman–Crippen LogP) is 4.34. The van der Waals surface area contributed by atoms with Gasteiger partial charge in [0.2, 0.25) is 11.1 Å². The van der Waals surface area contributed by atoms with Gasteiger partial charge < -0.3 is 5.32 Å². The van der Waals surface area contributed by atoms with Crippen LogP contribution in [-0.2, 0) is 11.3 Å². The van der Waals surface area contributed by atoms with Crippen molar-refractivity contribution in [1.82, 2.24) is 35.0 Å². The zero-order valence-corrected chi connectivity index (χ0v) is 20.2. The first-order valence-electron chi connectivity index (χ1n) is 11.1. The lowest BCUT2D eigenvalue weighted by Crippen LogP contribution is -2.08. The summed E-state index contributed by atoms with van der Waals surface area (Å²) in [5.74, 6) is -0.262. The molecule has 9 nitrogen and oxygen atoms in total. The van der Waals surface area contributed by atoms with E-state index in [4.69, 9.17) is 5.10 Å². The Morgan fingerprint density at radius 2 is 1.97 bits per heavy atom. The average molecular weight is 495 g/mol. The Balaban J connectivity index is 1.36. The minimum atomic E-state index is -0.262. The van der Waals surface area contributed by atoms with Crippen LogP contribution in [0.5, 0.6) is 0 Å². The summed E-state index contributed by atoms with van der Waals surface area (Å²) in [5, 5.41) is 20.0.